The quantitative estimate of drug-likeness (QED) is 0.833. The second-order valence-corrected chi connectivity index (χ2v) is 4.78. The smallest absolute Gasteiger partial charge is 0.339 e. The van der Waals surface area contributed by atoms with E-state index in [9.17, 15) is 18.7 Å². The number of rotatable bonds is 4. The number of methoxy groups -OCH3 is 1. The first-order chi connectivity index (χ1) is 8.27. The second kappa shape index (κ2) is 5.62. The number of nitrogens with one attached hydrogen (secondary N) is 1. The molecule has 0 aliphatic carbocycles. The molecule has 7 heteroatoms. The number of aliphatic hydroxyl groups is 1. The monoisotopic (exact) mass is 323 g/mol. The van der Waals surface area contributed by atoms with Crippen LogP contribution in [0.5, 0.6) is 0 Å². The summed E-state index contributed by atoms with van der Waals surface area (Å²) < 4.78 is 31.5. The molecule has 1 rings (SSSR count). The van der Waals surface area contributed by atoms with Gasteiger partial charge in [0.15, 0.2) is 5.60 Å². The van der Waals surface area contributed by atoms with Gasteiger partial charge in [0.2, 0.25) is 0 Å². The van der Waals surface area contributed by atoms with Crippen molar-refractivity contribution >= 4 is 27.6 Å². The molecule has 100 valence electrons. The van der Waals surface area contributed by atoms with Gasteiger partial charge in [0.05, 0.1) is 13.7 Å². The van der Waals surface area contributed by atoms with Crippen LogP contribution in [0.25, 0.3) is 0 Å². The van der Waals surface area contributed by atoms with Gasteiger partial charge in [-0.15, -0.1) is 0 Å². The molecule has 0 aliphatic heterocycles. The van der Waals surface area contributed by atoms with Crippen LogP contribution < -0.4 is 5.32 Å². The molecule has 0 spiro atoms. The van der Waals surface area contributed by atoms with Crippen LogP contribution in [0.3, 0.4) is 0 Å². The Bertz CT molecular complexity index is 443. The molecular weight excluding hydrogens is 312 g/mol. The van der Waals surface area contributed by atoms with Crippen LogP contribution in [0.1, 0.15) is 6.92 Å². The van der Waals surface area contributed by atoms with Gasteiger partial charge in [0, 0.05) is 4.47 Å². The molecule has 2 N–H and O–H groups in total. The molecule has 0 radical (unpaired) electrons. The number of carbonyl (C=O) groups is 1. The van der Waals surface area contributed by atoms with Gasteiger partial charge in [-0.1, -0.05) is 15.9 Å². The standard InChI is InChI=1S/C11H12BrF2NO3/c1-11(17,10(16)18-2)5-15-9-7(13)3-6(12)4-8(9)14/h3-4,15,17H,5H2,1-2H3. The summed E-state index contributed by atoms with van der Waals surface area (Å²) in [5.74, 6) is -2.56. The lowest BCUT2D eigenvalue weighted by atomic mass is 10.1. The highest BCUT2D eigenvalue weighted by Gasteiger charge is 2.31. The lowest BCUT2D eigenvalue weighted by Crippen LogP contribution is -2.43. The van der Waals surface area contributed by atoms with Crippen LogP contribution >= 0.6 is 15.9 Å². The van der Waals surface area contributed by atoms with Crippen molar-refractivity contribution in [3.63, 3.8) is 0 Å². The van der Waals surface area contributed by atoms with E-state index < -0.39 is 28.9 Å². The highest BCUT2D eigenvalue weighted by molar-refractivity contribution is 9.10. The predicted octanol–water partition coefficient (Wildman–Crippen LogP) is 2.06. The Morgan fingerprint density at radius 1 is 1.50 bits per heavy atom. The molecule has 0 aromatic heterocycles. The molecule has 4 nitrogen and oxygen atoms in total. The highest BCUT2D eigenvalue weighted by Crippen LogP contribution is 2.24. The lowest BCUT2D eigenvalue weighted by molar-refractivity contribution is -0.158. The molecule has 0 fully saturated rings. The molecule has 0 aliphatic rings. The maximum atomic E-state index is 13.4. The molecule has 0 saturated carbocycles. The summed E-state index contributed by atoms with van der Waals surface area (Å²) in [4.78, 5) is 11.2. The third-order valence-electron chi connectivity index (χ3n) is 2.24. The number of anilines is 1. The molecular formula is C11H12BrF2NO3. The Labute approximate surface area is 111 Å². The Balaban J connectivity index is 2.84. The minimum atomic E-state index is -1.87. The minimum Gasteiger partial charge on any atom is -0.467 e. The first-order valence-electron chi connectivity index (χ1n) is 4.97. The molecule has 1 aromatic carbocycles. The van der Waals surface area contributed by atoms with Crippen LogP contribution in [0.2, 0.25) is 0 Å². The highest BCUT2D eigenvalue weighted by atomic mass is 79.9. The van der Waals surface area contributed by atoms with E-state index in [1.165, 1.54) is 6.92 Å². The van der Waals surface area contributed by atoms with Crippen molar-refractivity contribution in [1.82, 2.24) is 0 Å². The maximum absolute atomic E-state index is 13.4. The van der Waals surface area contributed by atoms with Gasteiger partial charge >= 0.3 is 5.97 Å². The van der Waals surface area contributed by atoms with E-state index in [0.29, 0.717) is 0 Å². The molecule has 1 aromatic rings. The molecule has 0 heterocycles. The number of carbonyl (C=O) groups excluding carboxylic acids is 1. The zero-order chi connectivity index (χ0) is 13.9. The summed E-state index contributed by atoms with van der Waals surface area (Å²) in [6.45, 7) is 0.801. The van der Waals surface area contributed by atoms with Crippen LogP contribution in [-0.2, 0) is 9.53 Å². The number of hydrogen-bond acceptors (Lipinski definition) is 4. The third kappa shape index (κ3) is 3.39. The summed E-state index contributed by atoms with van der Waals surface area (Å²) in [6.07, 6.45) is 0. The van der Waals surface area contributed by atoms with Crippen molar-refractivity contribution in [1.29, 1.82) is 0 Å². The number of halogens is 3. The van der Waals surface area contributed by atoms with E-state index in [1.54, 1.807) is 0 Å². The van der Waals surface area contributed by atoms with Gasteiger partial charge in [-0.2, -0.15) is 0 Å². The van der Waals surface area contributed by atoms with Crippen LogP contribution in [0.15, 0.2) is 16.6 Å². The lowest BCUT2D eigenvalue weighted by Gasteiger charge is -2.21. The first-order valence-corrected chi connectivity index (χ1v) is 5.76. The third-order valence-corrected chi connectivity index (χ3v) is 2.70. The fourth-order valence-electron chi connectivity index (χ4n) is 1.26. The fourth-order valence-corrected chi connectivity index (χ4v) is 1.67. The van der Waals surface area contributed by atoms with Gasteiger partial charge in [-0.3, -0.25) is 0 Å². The van der Waals surface area contributed by atoms with Crippen molar-refractivity contribution in [2.45, 2.75) is 12.5 Å². The Hall–Kier alpha value is -1.21. The van der Waals surface area contributed by atoms with Crippen molar-refractivity contribution in [3.05, 3.63) is 28.2 Å². The summed E-state index contributed by atoms with van der Waals surface area (Å²) in [6, 6.07) is 2.14. The summed E-state index contributed by atoms with van der Waals surface area (Å²) >= 11 is 2.94. The summed E-state index contributed by atoms with van der Waals surface area (Å²) in [5, 5.41) is 12.0. The molecule has 0 bridgehead atoms. The largest absolute Gasteiger partial charge is 0.467 e. The fraction of sp³-hybridized carbons (Fsp3) is 0.364. The van der Waals surface area contributed by atoms with Crippen molar-refractivity contribution in [2.75, 3.05) is 19.0 Å². The van der Waals surface area contributed by atoms with Crippen LogP contribution in [0.4, 0.5) is 14.5 Å². The summed E-state index contributed by atoms with van der Waals surface area (Å²) in [7, 11) is 1.11. The van der Waals surface area contributed by atoms with Crippen molar-refractivity contribution in [3.8, 4) is 0 Å². The summed E-state index contributed by atoms with van der Waals surface area (Å²) in [5.41, 5.74) is -2.29. The topological polar surface area (TPSA) is 58.6 Å². The molecule has 0 saturated heterocycles. The zero-order valence-electron chi connectivity index (χ0n) is 9.76. The van der Waals surface area contributed by atoms with E-state index in [0.717, 1.165) is 19.2 Å². The first kappa shape index (κ1) is 14.8. The van der Waals surface area contributed by atoms with Crippen molar-refractivity contribution in [2.24, 2.45) is 0 Å². The average Bonchev–Trinajstić information content (AvgIpc) is 2.26. The van der Waals surface area contributed by atoms with E-state index in [2.05, 4.69) is 26.0 Å². The Kier molecular flexibility index (Phi) is 4.64. The molecule has 0 amide bonds. The number of ether oxygens (including phenoxy) is 1. The minimum absolute atomic E-state index is 0.253. The zero-order valence-corrected chi connectivity index (χ0v) is 11.3. The van der Waals surface area contributed by atoms with Gasteiger partial charge in [0.1, 0.15) is 17.3 Å². The predicted molar refractivity (Wildman–Crippen MR) is 65.2 cm³/mol. The molecule has 1 atom stereocenters. The van der Waals surface area contributed by atoms with E-state index in [4.69, 9.17) is 0 Å². The van der Waals surface area contributed by atoms with Crippen LogP contribution in [-0.4, -0.2) is 30.3 Å². The SMILES string of the molecule is COC(=O)C(C)(O)CNc1c(F)cc(Br)cc1F. The Morgan fingerprint density at radius 2 is 2.00 bits per heavy atom. The molecule has 1 unspecified atom stereocenters. The maximum Gasteiger partial charge on any atom is 0.339 e. The second-order valence-electron chi connectivity index (χ2n) is 3.86. The van der Waals surface area contributed by atoms with Crippen molar-refractivity contribution < 1.29 is 23.4 Å². The molecule has 18 heavy (non-hydrogen) atoms. The van der Waals surface area contributed by atoms with E-state index >= 15 is 0 Å². The van der Waals surface area contributed by atoms with Crippen LogP contribution in [0, 0.1) is 11.6 Å². The number of esters is 1. The van der Waals surface area contributed by atoms with Gasteiger partial charge in [-0.05, 0) is 19.1 Å². The Morgan fingerprint density at radius 3 is 2.44 bits per heavy atom. The number of hydrogen-bond donors (Lipinski definition) is 2. The van der Waals surface area contributed by atoms with Gasteiger partial charge in [0.25, 0.3) is 0 Å². The number of benzene rings is 1. The van der Waals surface area contributed by atoms with E-state index in [-0.39, 0.29) is 11.0 Å². The van der Waals surface area contributed by atoms with E-state index in [1.807, 2.05) is 0 Å². The van der Waals surface area contributed by atoms with Gasteiger partial charge in [-0.25, -0.2) is 13.6 Å². The normalized spacial score (nSPS) is 13.9. The van der Waals surface area contributed by atoms with Gasteiger partial charge < -0.3 is 15.2 Å². The average molecular weight is 324 g/mol.